The number of nitrogens with zero attached hydrogens (tertiary/aromatic N) is 2. The maximum absolute atomic E-state index is 10.2. The largest absolute Gasteiger partial charge is 0.390 e. The molecular formula is C15H24N2O2. The highest BCUT2D eigenvalue weighted by Gasteiger charge is 2.30. The summed E-state index contributed by atoms with van der Waals surface area (Å²) >= 11 is 0. The van der Waals surface area contributed by atoms with E-state index in [1.165, 1.54) is 0 Å². The number of hydrogen-bond donors (Lipinski definition) is 1. The highest BCUT2D eigenvalue weighted by atomic mass is 16.5. The van der Waals surface area contributed by atoms with E-state index >= 15 is 0 Å². The zero-order valence-electron chi connectivity index (χ0n) is 12.1. The summed E-state index contributed by atoms with van der Waals surface area (Å²) in [5.41, 5.74) is 1.49. The van der Waals surface area contributed by atoms with Gasteiger partial charge in [0.2, 0.25) is 0 Å². The SMILES string of the molecule is CCc1ccc(N2CCOC[C@H](C(C)(C)O)C2)cn1. The van der Waals surface area contributed by atoms with Gasteiger partial charge in [-0.1, -0.05) is 6.92 Å². The lowest BCUT2D eigenvalue weighted by Gasteiger charge is -2.32. The summed E-state index contributed by atoms with van der Waals surface area (Å²) < 4.78 is 5.61. The fourth-order valence-electron chi connectivity index (χ4n) is 2.29. The van der Waals surface area contributed by atoms with Gasteiger partial charge in [0.25, 0.3) is 0 Å². The number of aryl methyl sites for hydroxylation is 1. The van der Waals surface area contributed by atoms with E-state index in [9.17, 15) is 5.11 Å². The average molecular weight is 264 g/mol. The van der Waals surface area contributed by atoms with Gasteiger partial charge in [0.05, 0.1) is 30.7 Å². The molecule has 1 fully saturated rings. The summed E-state index contributed by atoms with van der Waals surface area (Å²) in [6, 6.07) is 4.18. The topological polar surface area (TPSA) is 45.6 Å². The lowest BCUT2D eigenvalue weighted by atomic mass is 9.91. The first-order valence-electron chi connectivity index (χ1n) is 7.00. The van der Waals surface area contributed by atoms with Gasteiger partial charge in [-0.2, -0.15) is 0 Å². The summed E-state index contributed by atoms with van der Waals surface area (Å²) in [4.78, 5) is 6.70. The second-order valence-electron chi connectivity index (χ2n) is 5.73. The highest BCUT2D eigenvalue weighted by molar-refractivity contribution is 5.45. The first kappa shape index (κ1) is 14.3. The molecule has 0 aromatic carbocycles. The van der Waals surface area contributed by atoms with Crippen LogP contribution in [0.25, 0.3) is 0 Å². The van der Waals surface area contributed by atoms with E-state index < -0.39 is 5.60 Å². The molecule has 0 saturated carbocycles. The Morgan fingerprint density at radius 3 is 2.84 bits per heavy atom. The molecule has 0 radical (unpaired) electrons. The Balaban J connectivity index is 2.13. The lowest BCUT2D eigenvalue weighted by Crippen LogP contribution is -2.41. The van der Waals surface area contributed by atoms with Crippen LogP contribution >= 0.6 is 0 Å². The van der Waals surface area contributed by atoms with Gasteiger partial charge in [-0.15, -0.1) is 0 Å². The molecule has 0 amide bonds. The monoisotopic (exact) mass is 264 g/mol. The van der Waals surface area contributed by atoms with Crippen LogP contribution in [0.2, 0.25) is 0 Å². The van der Waals surface area contributed by atoms with Gasteiger partial charge in [0.1, 0.15) is 0 Å². The highest BCUT2D eigenvalue weighted by Crippen LogP contribution is 2.24. The molecule has 4 heteroatoms. The number of aromatic nitrogens is 1. The number of ether oxygens (including phenoxy) is 1. The molecular weight excluding hydrogens is 240 g/mol. The molecule has 19 heavy (non-hydrogen) atoms. The van der Waals surface area contributed by atoms with Crippen LogP contribution < -0.4 is 4.90 Å². The number of pyridine rings is 1. The second-order valence-corrected chi connectivity index (χ2v) is 5.73. The normalized spacial score (nSPS) is 21.3. The maximum Gasteiger partial charge on any atom is 0.0658 e. The van der Waals surface area contributed by atoms with Gasteiger partial charge in [0, 0.05) is 24.7 Å². The molecule has 4 nitrogen and oxygen atoms in total. The third-order valence-electron chi connectivity index (χ3n) is 3.80. The Labute approximate surface area is 115 Å². The van der Waals surface area contributed by atoms with E-state index in [0.29, 0.717) is 13.2 Å². The minimum absolute atomic E-state index is 0.112. The third kappa shape index (κ3) is 3.67. The predicted molar refractivity (Wildman–Crippen MR) is 76.4 cm³/mol. The standard InChI is InChI=1S/C15H24N2O2/c1-4-13-5-6-14(9-16-13)17-7-8-19-11-12(10-17)15(2,3)18/h5-6,9,12,18H,4,7-8,10-11H2,1-3H3/t12-/m1/s1. The molecule has 0 spiro atoms. The van der Waals surface area contributed by atoms with Crippen molar-refractivity contribution in [2.75, 3.05) is 31.2 Å². The molecule has 2 heterocycles. The van der Waals surface area contributed by atoms with Gasteiger partial charge in [-0.05, 0) is 32.4 Å². The van der Waals surface area contributed by atoms with E-state index in [1.54, 1.807) is 0 Å². The van der Waals surface area contributed by atoms with Crippen LogP contribution in [0.3, 0.4) is 0 Å². The van der Waals surface area contributed by atoms with E-state index in [-0.39, 0.29) is 5.92 Å². The summed E-state index contributed by atoms with van der Waals surface area (Å²) in [7, 11) is 0. The summed E-state index contributed by atoms with van der Waals surface area (Å²) in [5.74, 6) is 0.112. The van der Waals surface area contributed by atoms with Crippen molar-refractivity contribution in [1.29, 1.82) is 0 Å². The van der Waals surface area contributed by atoms with Gasteiger partial charge in [-0.3, -0.25) is 4.98 Å². The second kappa shape index (κ2) is 5.88. The van der Waals surface area contributed by atoms with Crippen LogP contribution in [-0.2, 0) is 11.2 Å². The van der Waals surface area contributed by atoms with Crippen molar-refractivity contribution in [3.05, 3.63) is 24.0 Å². The number of rotatable bonds is 3. The first-order chi connectivity index (χ1) is 9.00. The van der Waals surface area contributed by atoms with Gasteiger partial charge in [0.15, 0.2) is 0 Å². The Morgan fingerprint density at radius 2 is 2.26 bits per heavy atom. The fourth-order valence-corrected chi connectivity index (χ4v) is 2.29. The Hall–Kier alpha value is -1.13. The first-order valence-corrected chi connectivity index (χ1v) is 7.00. The van der Waals surface area contributed by atoms with Crippen molar-refractivity contribution in [3.8, 4) is 0 Å². The zero-order valence-corrected chi connectivity index (χ0v) is 12.1. The van der Waals surface area contributed by atoms with Crippen molar-refractivity contribution in [2.45, 2.75) is 32.8 Å². The van der Waals surface area contributed by atoms with Crippen LogP contribution in [0.4, 0.5) is 5.69 Å². The molecule has 1 atom stereocenters. The summed E-state index contributed by atoms with van der Waals surface area (Å²) in [5, 5.41) is 10.2. The van der Waals surface area contributed by atoms with Gasteiger partial charge < -0.3 is 14.7 Å². The number of anilines is 1. The summed E-state index contributed by atoms with van der Waals surface area (Å²) in [6.45, 7) is 8.76. The van der Waals surface area contributed by atoms with Crippen molar-refractivity contribution in [2.24, 2.45) is 5.92 Å². The molecule has 106 valence electrons. The van der Waals surface area contributed by atoms with Crippen LogP contribution in [0.5, 0.6) is 0 Å². The Bertz CT molecular complexity index is 398. The molecule has 1 aliphatic rings. The van der Waals surface area contributed by atoms with Crippen molar-refractivity contribution < 1.29 is 9.84 Å². The summed E-state index contributed by atoms with van der Waals surface area (Å²) in [6.07, 6.45) is 2.88. The van der Waals surface area contributed by atoms with Crippen molar-refractivity contribution >= 4 is 5.69 Å². The average Bonchev–Trinajstić information content (AvgIpc) is 2.64. The molecule has 0 aliphatic carbocycles. The quantitative estimate of drug-likeness (QED) is 0.905. The Morgan fingerprint density at radius 1 is 1.47 bits per heavy atom. The molecule has 2 rings (SSSR count). The van der Waals surface area contributed by atoms with E-state index in [4.69, 9.17) is 4.74 Å². The van der Waals surface area contributed by atoms with E-state index in [0.717, 1.165) is 30.9 Å². The van der Waals surface area contributed by atoms with Gasteiger partial charge >= 0.3 is 0 Å². The van der Waals surface area contributed by atoms with Crippen LogP contribution in [0, 0.1) is 5.92 Å². The molecule has 1 aliphatic heterocycles. The number of hydrogen-bond acceptors (Lipinski definition) is 4. The van der Waals surface area contributed by atoms with E-state index in [2.05, 4.69) is 28.9 Å². The smallest absolute Gasteiger partial charge is 0.0658 e. The van der Waals surface area contributed by atoms with Crippen LogP contribution in [0.15, 0.2) is 18.3 Å². The van der Waals surface area contributed by atoms with Crippen LogP contribution in [-0.4, -0.2) is 42.0 Å². The molecule has 1 N–H and O–H groups in total. The van der Waals surface area contributed by atoms with E-state index in [1.807, 2.05) is 20.0 Å². The molecule has 0 unspecified atom stereocenters. The number of aliphatic hydroxyl groups is 1. The van der Waals surface area contributed by atoms with Crippen LogP contribution in [0.1, 0.15) is 26.5 Å². The minimum Gasteiger partial charge on any atom is -0.390 e. The van der Waals surface area contributed by atoms with Gasteiger partial charge in [-0.25, -0.2) is 0 Å². The lowest BCUT2D eigenvalue weighted by molar-refractivity contribution is -0.0158. The molecule has 1 aromatic heterocycles. The van der Waals surface area contributed by atoms with Crippen molar-refractivity contribution in [1.82, 2.24) is 4.98 Å². The Kier molecular flexibility index (Phi) is 4.42. The molecule has 1 saturated heterocycles. The molecule has 0 bridgehead atoms. The maximum atomic E-state index is 10.2. The molecule has 1 aromatic rings. The minimum atomic E-state index is -0.723. The van der Waals surface area contributed by atoms with Crippen molar-refractivity contribution in [3.63, 3.8) is 0 Å². The fraction of sp³-hybridized carbons (Fsp3) is 0.667. The predicted octanol–water partition coefficient (Wildman–Crippen LogP) is 1.87. The zero-order chi connectivity index (χ0) is 13.9. The third-order valence-corrected chi connectivity index (χ3v) is 3.80.